The molecule has 0 saturated carbocycles. The maximum atomic E-state index is 12.6. The van der Waals surface area contributed by atoms with Crippen LogP contribution in [0.1, 0.15) is 27.7 Å². The number of amides is 2. The van der Waals surface area contributed by atoms with Crippen LogP contribution < -0.4 is 0 Å². The van der Waals surface area contributed by atoms with Gasteiger partial charge in [0.1, 0.15) is 5.41 Å². The molecule has 1 heterocycles. The Morgan fingerprint density at radius 3 is 1.95 bits per heavy atom. The summed E-state index contributed by atoms with van der Waals surface area (Å²) >= 11 is 0. The van der Waals surface area contributed by atoms with Gasteiger partial charge in [-0.15, -0.1) is 0 Å². The lowest BCUT2D eigenvalue weighted by Gasteiger charge is -2.38. The molecule has 0 aliphatic carbocycles. The monoisotopic (exact) mass is 269 g/mol. The molecule has 0 bridgehead atoms. The van der Waals surface area contributed by atoms with E-state index in [0.717, 1.165) is 13.1 Å². The Balaban J connectivity index is 2.75. The van der Waals surface area contributed by atoms with Gasteiger partial charge in [0.15, 0.2) is 0 Å². The molecule has 0 aromatic rings. The van der Waals surface area contributed by atoms with Crippen LogP contribution >= 0.6 is 0 Å². The molecule has 0 N–H and O–H groups in total. The first-order chi connectivity index (χ1) is 8.84. The van der Waals surface area contributed by atoms with Gasteiger partial charge in [-0.2, -0.15) is 0 Å². The topological polar surface area (TPSA) is 43.9 Å². The number of carbonyl (C=O) groups is 2. The average Bonchev–Trinajstić information content (AvgIpc) is 2.40. The van der Waals surface area contributed by atoms with E-state index in [1.54, 1.807) is 18.7 Å². The third-order valence-corrected chi connectivity index (χ3v) is 3.91. The highest BCUT2D eigenvalue weighted by atomic mass is 16.2. The minimum atomic E-state index is -0.956. The molecule has 5 nitrogen and oxygen atoms in total. The molecule has 1 saturated heterocycles. The average molecular weight is 269 g/mol. The fourth-order valence-electron chi connectivity index (χ4n) is 2.40. The van der Waals surface area contributed by atoms with E-state index < -0.39 is 5.41 Å². The Morgan fingerprint density at radius 2 is 1.53 bits per heavy atom. The summed E-state index contributed by atoms with van der Waals surface area (Å²) in [5.74, 6) is -0.112. The maximum absolute atomic E-state index is 12.6. The molecule has 0 atom stereocenters. The van der Waals surface area contributed by atoms with Gasteiger partial charge < -0.3 is 14.7 Å². The van der Waals surface area contributed by atoms with Crippen LogP contribution in [-0.4, -0.2) is 72.8 Å². The van der Waals surface area contributed by atoms with Crippen molar-refractivity contribution in [2.75, 3.05) is 46.3 Å². The first-order valence-electron chi connectivity index (χ1n) is 7.11. The Morgan fingerprint density at radius 1 is 1.05 bits per heavy atom. The third kappa shape index (κ3) is 3.47. The van der Waals surface area contributed by atoms with Gasteiger partial charge in [0.2, 0.25) is 11.8 Å². The van der Waals surface area contributed by atoms with Gasteiger partial charge in [-0.1, -0.05) is 0 Å². The molecular weight excluding hydrogens is 242 g/mol. The zero-order valence-corrected chi connectivity index (χ0v) is 12.9. The van der Waals surface area contributed by atoms with Crippen LogP contribution in [0.15, 0.2) is 0 Å². The third-order valence-electron chi connectivity index (χ3n) is 3.91. The quantitative estimate of drug-likeness (QED) is 0.704. The standard InChI is InChI=1S/C14H27N3O2/c1-6-16(7-2)12(18)14(3,4)13(19)17-10-8-15(5)9-11-17/h6-11H2,1-5H3. The summed E-state index contributed by atoms with van der Waals surface area (Å²) in [5, 5.41) is 0. The Labute approximate surface area is 116 Å². The largest absolute Gasteiger partial charge is 0.342 e. The van der Waals surface area contributed by atoms with Crippen LogP contribution in [0, 0.1) is 5.41 Å². The molecule has 2 amide bonds. The van der Waals surface area contributed by atoms with E-state index >= 15 is 0 Å². The van der Waals surface area contributed by atoms with Gasteiger partial charge in [-0.3, -0.25) is 9.59 Å². The Hall–Kier alpha value is -1.10. The van der Waals surface area contributed by atoms with E-state index in [0.29, 0.717) is 26.2 Å². The normalized spacial score (nSPS) is 17.4. The smallest absolute Gasteiger partial charge is 0.237 e. The molecule has 0 spiro atoms. The summed E-state index contributed by atoms with van der Waals surface area (Å²) in [6.07, 6.45) is 0. The fraction of sp³-hybridized carbons (Fsp3) is 0.857. The van der Waals surface area contributed by atoms with Crippen LogP contribution in [0.4, 0.5) is 0 Å². The van der Waals surface area contributed by atoms with E-state index in [1.165, 1.54) is 0 Å². The molecular formula is C14H27N3O2. The summed E-state index contributed by atoms with van der Waals surface area (Å²) in [4.78, 5) is 30.8. The molecule has 0 radical (unpaired) electrons. The Bertz CT molecular complexity index is 330. The van der Waals surface area contributed by atoms with Crippen molar-refractivity contribution in [3.8, 4) is 0 Å². The summed E-state index contributed by atoms with van der Waals surface area (Å²) in [6.45, 7) is 11.8. The van der Waals surface area contributed by atoms with Crippen LogP contribution in [0.3, 0.4) is 0 Å². The molecule has 5 heteroatoms. The van der Waals surface area contributed by atoms with Crippen LogP contribution in [0.2, 0.25) is 0 Å². The maximum Gasteiger partial charge on any atom is 0.237 e. The highest BCUT2D eigenvalue weighted by Gasteiger charge is 2.41. The Kier molecular flexibility index (Phi) is 5.35. The number of carbonyl (C=O) groups excluding carboxylic acids is 2. The van der Waals surface area contributed by atoms with Crippen molar-refractivity contribution >= 4 is 11.8 Å². The predicted octanol–water partition coefficient (Wildman–Crippen LogP) is 0.655. The van der Waals surface area contributed by atoms with Crippen LogP contribution in [0.5, 0.6) is 0 Å². The second kappa shape index (κ2) is 6.37. The summed E-state index contributed by atoms with van der Waals surface area (Å²) in [6, 6.07) is 0. The van der Waals surface area contributed by atoms with Gasteiger partial charge in [0.05, 0.1) is 0 Å². The minimum absolute atomic E-state index is 0.0440. The van der Waals surface area contributed by atoms with Crippen LogP contribution in [0.25, 0.3) is 0 Å². The van der Waals surface area contributed by atoms with Crippen molar-refractivity contribution in [1.82, 2.24) is 14.7 Å². The van der Waals surface area contributed by atoms with Crippen molar-refractivity contribution < 1.29 is 9.59 Å². The highest BCUT2D eigenvalue weighted by molar-refractivity contribution is 6.04. The van der Waals surface area contributed by atoms with E-state index in [1.807, 2.05) is 25.8 Å². The SMILES string of the molecule is CCN(CC)C(=O)C(C)(C)C(=O)N1CCN(C)CC1. The first-order valence-corrected chi connectivity index (χ1v) is 7.11. The second-order valence-corrected chi connectivity index (χ2v) is 5.70. The number of piperazine rings is 1. The van der Waals surface area contributed by atoms with Crippen molar-refractivity contribution in [1.29, 1.82) is 0 Å². The summed E-state index contributed by atoms with van der Waals surface area (Å²) < 4.78 is 0. The van der Waals surface area contributed by atoms with E-state index in [2.05, 4.69) is 4.90 Å². The predicted molar refractivity (Wildman–Crippen MR) is 75.8 cm³/mol. The molecule has 1 aliphatic heterocycles. The molecule has 1 rings (SSSR count). The van der Waals surface area contributed by atoms with Crippen molar-refractivity contribution in [3.05, 3.63) is 0 Å². The zero-order chi connectivity index (χ0) is 14.6. The van der Waals surface area contributed by atoms with Gasteiger partial charge in [0.25, 0.3) is 0 Å². The summed E-state index contributed by atoms with van der Waals surface area (Å²) in [5.41, 5.74) is -0.956. The van der Waals surface area contributed by atoms with Crippen molar-refractivity contribution in [3.63, 3.8) is 0 Å². The van der Waals surface area contributed by atoms with Gasteiger partial charge in [-0.05, 0) is 34.7 Å². The van der Waals surface area contributed by atoms with Gasteiger partial charge in [0, 0.05) is 39.3 Å². The molecule has 0 aromatic carbocycles. The number of hydrogen-bond acceptors (Lipinski definition) is 3. The van der Waals surface area contributed by atoms with E-state index in [4.69, 9.17) is 0 Å². The molecule has 1 fully saturated rings. The van der Waals surface area contributed by atoms with Crippen molar-refractivity contribution in [2.24, 2.45) is 5.41 Å². The lowest BCUT2D eigenvalue weighted by molar-refractivity contribution is -0.154. The lowest BCUT2D eigenvalue weighted by atomic mass is 9.89. The molecule has 0 aromatic heterocycles. The molecule has 0 unspecified atom stereocenters. The molecule has 110 valence electrons. The zero-order valence-electron chi connectivity index (χ0n) is 12.9. The van der Waals surface area contributed by atoms with Gasteiger partial charge in [-0.25, -0.2) is 0 Å². The fourth-order valence-corrected chi connectivity index (χ4v) is 2.40. The van der Waals surface area contributed by atoms with E-state index in [-0.39, 0.29) is 11.8 Å². The number of nitrogens with zero attached hydrogens (tertiary/aromatic N) is 3. The first kappa shape index (κ1) is 16.0. The number of likely N-dealkylation sites (N-methyl/N-ethyl adjacent to an activating group) is 1. The lowest BCUT2D eigenvalue weighted by Crippen LogP contribution is -2.55. The number of rotatable bonds is 4. The molecule has 1 aliphatic rings. The number of hydrogen-bond donors (Lipinski definition) is 0. The van der Waals surface area contributed by atoms with Gasteiger partial charge >= 0.3 is 0 Å². The molecule has 19 heavy (non-hydrogen) atoms. The highest BCUT2D eigenvalue weighted by Crippen LogP contribution is 2.23. The van der Waals surface area contributed by atoms with Crippen LogP contribution in [-0.2, 0) is 9.59 Å². The van der Waals surface area contributed by atoms with E-state index in [9.17, 15) is 9.59 Å². The minimum Gasteiger partial charge on any atom is -0.342 e. The summed E-state index contributed by atoms with van der Waals surface area (Å²) in [7, 11) is 2.05. The van der Waals surface area contributed by atoms with Crippen molar-refractivity contribution in [2.45, 2.75) is 27.7 Å². The second-order valence-electron chi connectivity index (χ2n) is 5.70.